The van der Waals surface area contributed by atoms with Crippen LogP contribution in [0.15, 0.2) is 48.3 Å². The quantitative estimate of drug-likeness (QED) is 0.342. The first kappa shape index (κ1) is 32.2. The fourth-order valence-corrected chi connectivity index (χ4v) is 4.60. The van der Waals surface area contributed by atoms with E-state index in [-0.39, 0.29) is 60.9 Å². The van der Waals surface area contributed by atoms with E-state index in [1.807, 2.05) is 34.6 Å². The summed E-state index contributed by atoms with van der Waals surface area (Å²) >= 11 is 0. The third kappa shape index (κ3) is 7.51. The molecule has 11 heteroatoms. The van der Waals surface area contributed by atoms with Gasteiger partial charge in [-0.3, -0.25) is 4.79 Å². The molecule has 1 aromatic carbocycles. The van der Waals surface area contributed by atoms with E-state index in [2.05, 4.69) is 0 Å². The molecule has 1 aliphatic carbocycles. The van der Waals surface area contributed by atoms with Crippen molar-refractivity contribution in [3.05, 3.63) is 59.4 Å². The summed E-state index contributed by atoms with van der Waals surface area (Å²) < 4.78 is 63.0. The molecule has 0 amide bonds. The first-order valence-electron chi connectivity index (χ1n) is 13.4. The fourth-order valence-electron chi connectivity index (χ4n) is 4.60. The predicted octanol–water partition coefficient (Wildman–Crippen LogP) is 4.69. The SMILES string of the molecule is CC(C)C(C)(C(=O)OCC(O)COC1=CC2OC(=O)C(c3ccc(OCCO)cc3C(F)(F)F)=CC2C=C1)C(C)C. The first-order chi connectivity index (χ1) is 19.2. The smallest absolute Gasteiger partial charge is 0.417 e. The molecule has 1 aliphatic heterocycles. The molecule has 1 heterocycles. The molecule has 2 aliphatic rings. The number of hydrogen-bond acceptors (Lipinski definition) is 8. The van der Waals surface area contributed by atoms with Crippen LogP contribution in [0.25, 0.3) is 5.57 Å². The highest BCUT2D eigenvalue weighted by Gasteiger charge is 2.42. The largest absolute Gasteiger partial charge is 0.491 e. The average Bonchev–Trinajstić information content (AvgIpc) is 2.91. The van der Waals surface area contributed by atoms with Gasteiger partial charge in [-0.1, -0.05) is 39.8 Å². The van der Waals surface area contributed by atoms with Gasteiger partial charge < -0.3 is 29.2 Å². The number of aliphatic hydroxyl groups is 2. The minimum Gasteiger partial charge on any atom is -0.491 e. The van der Waals surface area contributed by atoms with Gasteiger partial charge >= 0.3 is 18.1 Å². The van der Waals surface area contributed by atoms with Crippen LogP contribution in [-0.4, -0.2) is 60.8 Å². The maximum absolute atomic E-state index is 13.8. The maximum Gasteiger partial charge on any atom is 0.417 e. The Balaban J connectivity index is 1.66. The third-order valence-corrected chi connectivity index (χ3v) is 7.65. The van der Waals surface area contributed by atoms with Crippen molar-refractivity contribution >= 4 is 17.5 Å². The second-order valence-electron chi connectivity index (χ2n) is 10.9. The molecule has 3 rings (SSSR count). The van der Waals surface area contributed by atoms with Crippen molar-refractivity contribution in [2.75, 3.05) is 26.4 Å². The summed E-state index contributed by atoms with van der Waals surface area (Å²) in [4.78, 5) is 25.5. The summed E-state index contributed by atoms with van der Waals surface area (Å²) in [5, 5.41) is 19.2. The summed E-state index contributed by atoms with van der Waals surface area (Å²) in [7, 11) is 0. The van der Waals surface area contributed by atoms with Crippen molar-refractivity contribution in [3.8, 4) is 5.75 Å². The van der Waals surface area contributed by atoms with E-state index in [1.165, 1.54) is 18.2 Å². The van der Waals surface area contributed by atoms with Crippen molar-refractivity contribution in [2.45, 2.75) is 53.0 Å². The van der Waals surface area contributed by atoms with Crippen molar-refractivity contribution in [1.29, 1.82) is 0 Å². The van der Waals surface area contributed by atoms with Gasteiger partial charge in [0.2, 0.25) is 0 Å². The number of benzene rings is 1. The Labute approximate surface area is 237 Å². The van der Waals surface area contributed by atoms with Gasteiger partial charge in [-0.2, -0.15) is 13.2 Å². The van der Waals surface area contributed by atoms with Gasteiger partial charge in [0.1, 0.15) is 43.5 Å². The van der Waals surface area contributed by atoms with Crippen LogP contribution in [0.4, 0.5) is 13.2 Å². The first-order valence-corrected chi connectivity index (χ1v) is 13.4. The van der Waals surface area contributed by atoms with Crippen LogP contribution >= 0.6 is 0 Å². The van der Waals surface area contributed by atoms with E-state index in [0.29, 0.717) is 0 Å². The lowest BCUT2D eigenvalue weighted by molar-refractivity contribution is -0.164. The number of alkyl halides is 3. The van der Waals surface area contributed by atoms with Crippen molar-refractivity contribution in [1.82, 2.24) is 0 Å². The summed E-state index contributed by atoms with van der Waals surface area (Å²) in [6.45, 7) is 8.58. The number of allylic oxidation sites excluding steroid dienone is 1. The van der Waals surface area contributed by atoms with Gasteiger partial charge in [-0.15, -0.1) is 0 Å². The second kappa shape index (κ2) is 13.1. The molecule has 1 aromatic rings. The molecule has 8 nitrogen and oxygen atoms in total. The van der Waals surface area contributed by atoms with Crippen molar-refractivity contribution < 1.29 is 51.9 Å². The average molecular weight is 583 g/mol. The van der Waals surface area contributed by atoms with Crippen molar-refractivity contribution in [3.63, 3.8) is 0 Å². The zero-order valence-electron chi connectivity index (χ0n) is 23.7. The van der Waals surface area contributed by atoms with E-state index in [1.54, 1.807) is 12.2 Å². The topological polar surface area (TPSA) is 112 Å². The molecular formula is C30H37F3O8. The van der Waals surface area contributed by atoms with Gasteiger partial charge in [0.15, 0.2) is 0 Å². The predicted molar refractivity (Wildman–Crippen MR) is 143 cm³/mol. The zero-order valence-corrected chi connectivity index (χ0v) is 23.7. The van der Waals surface area contributed by atoms with Crippen LogP contribution in [0.2, 0.25) is 0 Å². The normalized spacial score (nSPS) is 19.8. The highest BCUT2D eigenvalue weighted by atomic mass is 19.4. The minimum absolute atomic E-state index is 0.0342. The molecule has 2 N–H and O–H groups in total. The number of esters is 2. The second-order valence-corrected chi connectivity index (χ2v) is 10.9. The molecule has 41 heavy (non-hydrogen) atoms. The number of ether oxygens (including phenoxy) is 4. The van der Waals surface area contributed by atoms with Crippen LogP contribution in [0, 0.1) is 23.2 Å². The molecule has 0 fully saturated rings. The highest BCUT2D eigenvalue weighted by Crippen LogP contribution is 2.40. The Morgan fingerprint density at radius 2 is 1.76 bits per heavy atom. The number of carbonyl (C=O) groups is 2. The Hall–Kier alpha value is -3.31. The molecule has 226 valence electrons. The molecule has 0 aromatic heterocycles. The molecule has 3 unspecified atom stereocenters. The Bertz CT molecular complexity index is 1190. The number of carbonyl (C=O) groups excluding carboxylic acids is 2. The zero-order chi connectivity index (χ0) is 30.5. The van der Waals surface area contributed by atoms with Crippen LogP contribution < -0.4 is 4.74 Å². The fraction of sp³-hybridized carbons (Fsp3) is 0.533. The van der Waals surface area contributed by atoms with Crippen LogP contribution in [0.1, 0.15) is 45.7 Å². The molecule has 0 spiro atoms. The molecule has 0 bridgehead atoms. The van der Waals surface area contributed by atoms with E-state index >= 15 is 0 Å². The number of aliphatic hydroxyl groups excluding tert-OH is 2. The number of fused-ring (bicyclic) bond motifs is 1. The summed E-state index contributed by atoms with van der Waals surface area (Å²) in [5.74, 6) is -1.62. The van der Waals surface area contributed by atoms with Crippen LogP contribution in [-0.2, 0) is 30.0 Å². The van der Waals surface area contributed by atoms with E-state index in [0.717, 1.165) is 12.1 Å². The Morgan fingerprint density at radius 3 is 2.37 bits per heavy atom. The van der Waals surface area contributed by atoms with E-state index in [4.69, 9.17) is 24.1 Å². The van der Waals surface area contributed by atoms with Gasteiger partial charge in [0.25, 0.3) is 0 Å². The standard InChI is InChI=1S/C30H37F3O8/c1-17(2)29(5,18(3)4)28(37)40-16-20(35)15-39-22-7-6-19-12-24(27(36)41-26(19)14-22)23-9-8-21(38-11-10-34)13-25(23)30(31,32)33/h6-9,12-14,17-20,26,34-35H,10-11,15-16H2,1-5H3. The van der Waals surface area contributed by atoms with E-state index < -0.39 is 47.2 Å². The minimum atomic E-state index is -4.77. The van der Waals surface area contributed by atoms with Gasteiger partial charge in [0.05, 0.1) is 23.2 Å². The molecular weight excluding hydrogens is 545 g/mol. The van der Waals surface area contributed by atoms with Crippen LogP contribution in [0.3, 0.4) is 0 Å². The van der Waals surface area contributed by atoms with Crippen molar-refractivity contribution in [2.24, 2.45) is 23.2 Å². The third-order valence-electron chi connectivity index (χ3n) is 7.65. The van der Waals surface area contributed by atoms with Gasteiger partial charge in [-0.05, 0) is 49.1 Å². The molecule has 3 atom stereocenters. The lowest BCUT2D eigenvalue weighted by Crippen LogP contribution is -2.41. The van der Waals surface area contributed by atoms with Crippen LogP contribution in [0.5, 0.6) is 5.75 Å². The lowest BCUT2D eigenvalue weighted by atomic mass is 9.70. The lowest BCUT2D eigenvalue weighted by Gasteiger charge is -2.35. The summed E-state index contributed by atoms with van der Waals surface area (Å²) in [5.41, 5.74) is -2.36. The molecule has 0 saturated carbocycles. The van der Waals surface area contributed by atoms with Gasteiger partial charge in [-0.25, -0.2) is 4.79 Å². The Kier molecular flexibility index (Phi) is 10.3. The number of rotatable bonds is 12. The van der Waals surface area contributed by atoms with E-state index in [9.17, 15) is 27.9 Å². The molecule has 0 radical (unpaired) electrons. The monoisotopic (exact) mass is 582 g/mol. The highest BCUT2D eigenvalue weighted by molar-refractivity contribution is 6.17. The summed E-state index contributed by atoms with van der Waals surface area (Å²) in [6, 6.07) is 3.21. The Morgan fingerprint density at radius 1 is 1.07 bits per heavy atom. The molecule has 0 saturated heterocycles. The number of hydrogen-bond donors (Lipinski definition) is 2. The maximum atomic E-state index is 13.8. The summed E-state index contributed by atoms with van der Waals surface area (Å²) in [6.07, 6.45) is -0.597. The number of halogens is 3. The van der Waals surface area contributed by atoms with Gasteiger partial charge in [0, 0.05) is 11.5 Å².